The summed E-state index contributed by atoms with van der Waals surface area (Å²) in [6, 6.07) is 0. The van der Waals surface area contributed by atoms with Crippen molar-refractivity contribution in [3.63, 3.8) is 0 Å². The summed E-state index contributed by atoms with van der Waals surface area (Å²) in [6.45, 7) is 5.26. The number of carbonyl (C=O) groups excluding carboxylic acids is 1. The molecule has 0 bridgehead atoms. The van der Waals surface area contributed by atoms with Crippen LogP contribution in [0.25, 0.3) is 0 Å². The maximum absolute atomic E-state index is 11.0. The summed E-state index contributed by atoms with van der Waals surface area (Å²) in [5.74, 6) is 0.0277. The zero-order valence-electron chi connectivity index (χ0n) is 6.72. The third-order valence-electron chi connectivity index (χ3n) is 1.11. The Kier molecular flexibility index (Phi) is 3.47. The Balaban J connectivity index is 4.21. The van der Waals surface area contributed by atoms with E-state index in [0.29, 0.717) is 5.57 Å². The van der Waals surface area contributed by atoms with Crippen molar-refractivity contribution in [2.45, 2.75) is 6.92 Å². The minimum absolute atomic E-state index is 0.0277. The number of allylic oxidation sites excluding steroid dienone is 2. The molecule has 2 heteroatoms. The highest BCUT2D eigenvalue weighted by Gasteiger charge is 2.03. The van der Waals surface area contributed by atoms with Crippen LogP contribution in [0.15, 0.2) is 24.3 Å². The van der Waals surface area contributed by atoms with E-state index >= 15 is 0 Å². The Bertz CT molecular complexity index is 168. The third-order valence-corrected chi connectivity index (χ3v) is 1.11. The van der Waals surface area contributed by atoms with Crippen molar-refractivity contribution < 1.29 is 4.79 Å². The van der Waals surface area contributed by atoms with Gasteiger partial charge in [-0.3, -0.25) is 4.79 Å². The second-order valence-corrected chi connectivity index (χ2v) is 2.28. The first-order valence-corrected chi connectivity index (χ1v) is 3.10. The van der Waals surface area contributed by atoms with Gasteiger partial charge in [0.1, 0.15) is 0 Å². The van der Waals surface area contributed by atoms with Crippen LogP contribution in [0.5, 0.6) is 0 Å². The smallest absolute Gasteiger partial charge is 0.248 e. The minimum atomic E-state index is 0.0277. The number of hydrogen-bond acceptors (Lipinski definition) is 1. The molecule has 0 saturated carbocycles. The fourth-order valence-electron chi connectivity index (χ4n) is 0.601. The molecule has 0 rings (SSSR count). The molecule has 56 valence electrons. The molecule has 0 aliphatic rings. The van der Waals surface area contributed by atoms with Crippen molar-refractivity contribution in [1.29, 1.82) is 0 Å². The molecule has 0 radical (unpaired) electrons. The van der Waals surface area contributed by atoms with E-state index in [9.17, 15) is 4.79 Å². The average molecular weight is 139 g/mol. The quantitative estimate of drug-likeness (QED) is 0.416. The van der Waals surface area contributed by atoms with Gasteiger partial charge in [-0.2, -0.15) is 0 Å². The van der Waals surface area contributed by atoms with Crippen LogP contribution in [0.3, 0.4) is 0 Å². The fourth-order valence-corrected chi connectivity index (χ4v) is 0.601. The van der Waals surface area contributed by atoms with E-state index < -0.39 is 0 Å². The highest BCUT2D eigenvalue weighted by atomic mass is 16.2. The van der Waals surface area contributed by atoms with E-state index in [-0.39, 0.29) is 5.91 Å². The Morgan fingerprint density at radius 2 is 2.00 bits per heavy atom. The summed E-state index contributed by atoms with van der Waals surface area (Å²) in [6.07, 6.45) is 3.30. The normalized spacial score (nSPS) is 10.9. The van der Waals surface area contributed by atoms with Crippen molar-refractivity contribution in [3.05, 3.63) is 24.3 Å². The topological polar surface area (TPSA) is 20.3 Å². The summed E-state index contributed by atoms with van der Waals surface area (Å²) in [7, 11) is 3.45. The van der Waals surface area contributed by atoms with Gasteiger partial charge in [0.25, 0.3) is 0 Å². The molecule has 0 aromatic rings. The highest BCUT2D eigenvalue weighted by molar-refractivity contribution is 5.92. The van der Waals surface area contributed by atoms with Crippen molar-refractivity contribution in [1.82, 2.24) is 4.90 Å². The minimum Gasteiger partial charge on any atom is -0.345 e. The van der Waals surface area contributed by atoms with Gasteiger partial charge in [0, 0.05) is 19.7 Å². The lowest BCUT2D eigenvalue weighted by atomic mass is 10.2. The standard InChI is InChI=1S/C8H13NO/c1-5-6-7(2)8(10)9(3)4/h5-6H,1H2,2-4H3/b7-6-. The molecular weight excluding hydrogens is 126 g/mol. The molecule has 0 fully saturated rings. The van der Waals surface area contributed by atoms with Gasteiger partial charge in [-0.05, 0) is 6.92 Å². The maximum Gasteiger partial charge on any atom is 0.248 e. The van der Waals surface area contributed by atoms with Crippen LogP contribution in [-0.2, 0) is 4.79 Å². The van der Waals surface area contributed by atoms with Gasteiger partial charge in [-0.15, -0.1) is 0 Å². The van der Waals surface area contributed by atoms with Crippen LogP contribution >= 0.6 is 0 Å². The van der Waals surface area contributed by atoms with Crippen LogP contribution in [0.1, 0.15) is 6.92 Å². The number of rotatable bonds is 2. The van der Waals surface area contributed by atoms with Crippen LogP contribution in [0.4, 0.5) is 0 Å². The molecule has 0 aromatic carbocycles. The number of carbonyl (C=O) groups is 1. The first kappa shape index (κ1) is 8.95. The molecule has 1 amide bonds. The van der Waals surface area contributed by atoms with Crippen molar-refractivity contribution in [2.75, 3.05) is 14.1 Å². The molecule has 0 unspecified atom stereocenters. The predicted molar refractivity (Wildman–Crippen MR) is 42.6 cm³/mol. The Morgan fingerprint density at radius 1 is 1.50 bits per heavy atom. The van der Waals surface area contributed by atoms with Crippen molar-refractivity contribution >= 4 is 5.91 Å². The maximum atomic E-state index is 11.0. The van der Waals surface area contributed by atoms with Gasteiger partial charge in [-0.1, -0.05) is 18.7 Å². The molecule has 0 aliphatic carbocycles. The lowest BCUT2D eigenvalue weighted by molar-refractivity contribution is -0.124. The van der Waals surface area contributed by atoms with Crippen LogP contribution in [-0.4, -0.2) is 24.9 Å². The monoisotopic (exact) mass is 139 g/mol. The van der Waals surface area contributed by atoms with Crippen LogP contribution in [0.2, 0.25) is 0 Å². The second kappa shape index (κ2) is 3.88. The molecule has 0 aliphatic heterocycles. The lowest BCUT2D eigenvalue weighted by Gasteiger charge is -2.08. The summed E-state index contributed by atoms with van der Waals surface area (Å²) in [5.41, 5.74) is 0.708. The van der Waals surface area contributed by atoms with Gasteiger partial charge in [0.2, 0.25) is 5.91 Å². The molecule has 0 aromatic heterocycles. The van der Waals surface area contributed by atoms with E-state index in [1.165, 1.54) is 4.90 Å². The molecule has 0 atom stereocenters. The number of nitrogens with zero attached hydrogens (tertiary/aromatic N) is 1. The summed E-state index contributed by atoms with van der Waals surface area (Å²) in [4.78, 5) is 12.6. The van der Waals surface area contributed by atoms with E-state index in [1.807, 2.05) is 0 Å². The summed E-state index contributed by atoms with van der Waals surface area (Å²) in [5, 5.41) is 0. The summed E-state index contributed by atoms with van der Waals surface area (Å²) < 4.78 is 0. The van der Waals surface area contributed by atoms with E-state index in [1.54, 1.807) is 33.2 Å². The first-order chi connectivity index (χ1) is 4.59. The Morgan fingerprint density at radius 3 is 2.30 bits per heavy atom. The second-order valence-electron chi connectivity index (χ2n) is 2.28. The molecular formula is C8H13NO. The zero-order chi connectivity index (χ0) is 8.15. The van der Waals surface area contributed by atoms with Gasteiger partial charge in [0.05, 0.1) is 0 Å². The zero-order valence-corrected chi connectivity index (χ0v) is 6.72. The number of likely N-dealkylation sites (N-methyl/N-ethyl adjacent to an activating group) is 1. The van der Waals surface area contributed by atoms with Crippen molar-refractivity contribution in [2.24, 2.45) is 0 Å². The van der Waals surface area contributed by atoms with Gasteiger partial charge >= 0.3 is 0 Å². The molecule has 10 heavy (non-hydrogen) atoms. The molecule has 2 nitrogen and oxygen atoms in total. The predicted octanol–water partition coefficient (Wildman–Crippen LogP) is 1.21. The van der Waals surface area contributed by atoms with Crippen LogP contribution in [0, 0.1) is 0 Å². The summed E-state index contributed by atoms with van der Waals surface area (Å²) >= 11 is 0. The SMILES string of the molecule is C=C/C=C(/C)C(=O)N(C)C. The molecule has 0 spiro atoms. The van der Waals surface area contributed by atoms with Gasteiger partial charge < -0.3 is 4.90 Å². The van der Waals surface area contributed by atoms with E-state index in [2.05, 4.69) is 6.58 Å². The van der Waals surface area contributed by atoms with Crippen molar-refractivity contribution in [3.8, 4) is 0 Å². The average Bonchev–Trinajstić information content (AvgIpc) is 1.87. The van der Waals surface area contributed by atoms with E-state index in [4.69, 9.17) is 0 Å². The fraction of sp³-hybridized carbons (Fsp3) is 0.375. The van der Waals surface area contributed by atoms with Gasteiger partial charge in [-0.25, -0.2) is 0 Å². The molecule has 0 saturated heterocycles. The van der Waals surface area contributed by atoms with E-state index in [0.717, 1.165) is 0 Å². The highest BCUT2D eigenvalue weighted by Crippen LogP contribution is 1.96. The van der Waals surface area contributed by atoms with Crippen LogP contribution < -0.4 is 0 Å². The molecule has 0 heterocycles. The lowest BCUT2D eigenvalue weighted by Crippen LogP contribution is -2.22. The largest absolute Gasteiger partial charge is 0.345 e. The first-order valence-electron chi connectivity index (χ1n) is 3.10. The Labute approximate surface area is 61.8 Å². The third kappa shape index (κ3) is 2.49. The van der Waals surface area contributed by atoms with Gasteiger partial charge in [0.15, 0.2) is 0 Å². The molecule has 0 N–H and O–H groups in total. The Hall–Kier alpha value is -1.05. The number of amides is 1. The number of hydrogen-bond donors (Lipinski definition) is 0.